The number of halogens is 2. The molecule has 0 saturated carbocycles. The second-order valence-electron chi connectivity index (χ2n) is 6.00. The fraction of sp³-hybridized carbons (Fsp3) is 0.269. The van der Waals surface area contributed by atoms with E-state index in [1.165, 1.54) is 17.2 Å². The number of allylic oxidation sites excluding steroid dienone is 4. The quantitative estimate of drug-likeness (QED) is 0.324. The third-order valence-corrected chi connectivity index (χ3v) is 1.98. The van der Waals surface area contributed by atoms with Crippen LogP contribution in [-0.4, -0.2) is 4.98 Å². The standard InChI is InChI=1S/C8H6N.C5H5.2C4H9.5CH3.2ClH.Zr/c1-2-4-8-7(3-1)5-6-9-8;1-2-4-5-3-1;2*1-4(2)3;;;;;;;;/h1-5,9H;1-3H,4H2;2*1-3H3;5*1H3;2*1H;/q9*-1;;;. The third kappa shape index (κ3) is 41.9. The van der Waals surface area contributed by atoms with E-state index < -0.39 is 0 Å². The Kier molecular flexibility index (Phi) is 74.6. The average Bonchev–Trinajstić information content (AvgIpc) is 3.12. The van der Waals surface area contributed by atoms with Gasteiger partial charge in [-0.05, 0) is 0 Å². The molecule has 1 nitrogen and oxygen atoms in total. The zero-order valence-corrected chi connectivity index (χ0v) is 25.2. The maximum atomic E-state index is 2.99. The van der Waals surface area contributed by atoms with Gasteiger partial charge in [0.1, 0.15) is 0 Å². The van der Waals surface area contributed by atoms with E-state index in [2.05, 4.69) is 70.9 Å². The first-order chi connectivity index (χ1) is 10.4. The van der Waals surface area contributed by atoms with Gasteiger partial charge in [0.2, 0.25) is 0 Å². The number of para-hydroxylation sites is 1. The Balaban J connectivity index is -0.0000000272. The van der Waals surface area contributed by atoms with Gasteiger partial charge in [-0.3, -0.25) is 6.08 Å². The third-order valence-electron chi connectivity index (χ3n) is 1.98. The summed E-state index contributed by atoms with van der Waals surface area (Å²) in [6.45, 7) is 12.5. The van der Waals surface area contributed by atoms with E-state index in [1.807, 2.05) is 36.4 Å². The van der Waals surface area contributed by atoms with Crippen LogP contribution in [0.4, 0.5) is 0 Å². The minimum absolute atomic E-state index is 0. The largest absolute Gasteiger partial charge is 0.477 e. The van der Waals surface area contributed by atoms with Crippen molar-refractivity contribution in [3.05, 3.63) is 110 Å². The van der Waals surface area contributed by atoms with Crippen LogP contribution in [0.15, 0.2) is 48.6 Å². The van der Waals surface area contributed by atoms with Crippen molar-refractivity contribution in [2.75, 3.05) is 0 Å². The van der Waals surface area contributed by atoms with Crippen molar-refractivity contribution in [2.45, 2.75) is 48.0 Å². The molecule has 0 atom stereocenters. The molecule has 1 N–H and O–H groups in total. The van der Waals surface area contributed by atoms with Gasteiger partial charge in [0.15, 0.2) is 0 Å². The van der Waals surface area contributed by atoms with Gasteiger partial charge in [0, 0.05) is 26.2 Å². The zero-order valence-electron chi connectivity index (χ0n) is 21.1. The predicted molar refractivity (Wildman–Crippen MR) is 146 cm³/mol. The van der Waals surface area contributed by atoms with E-state index in [0.717, 1.165) is 11.9 Å². The van der Waals surface area contributed by atoms with Crippen LogP contribution in [0.2, 0.25) is 0 Å². The number of nitrogens with one attached hydrogen (secondary N) is 1. The molecule has 0 bridgehead atoms. The van der Waals surface area contributed by atoms with E-state index in [9.17, 15) is 0 Å². The zero-order chi connectivity index (χ0) is 16.8. The monoisotopic (exact) mass is 532 g/mol. The molecule has 0 unspecified atom stereocenters. The Morgan fingerprint density at radius 3 is 1.53 bits per heavy atom. The molecule has 1 aliphatic rings. The van der Waals surface area contributed by atoms with Crippen molar-refractivity contribution < 1.29 is 26.2 Å². The number of hydrogen-bond donors (Lipinski definition) is 1. The molecule has 1 aromatic carbocycles. The Bertz CT molecular complexity index is 495. The summed E-state index contributed by atoms with van der Waals surface area (Å²) < 4.78 is 0. The van der Waals surface area contributed by atoms with Crippen molar-refractivity contribution >= 4 is 35.7 Å². The smallest absolute Gasteiger partial charge is 0 e. The molecule has 0 aliphatic heterocycles. The molecule has 2 aromatic rings. The Hall–Kier alpha value is -0.297. The summed E-state index contributed by atoms with van der Waals surface area (Å²) in [5, 5.41) is 1.22. The van der Waals surface area contributed by atoms with Crippen LogP contribution in [0.3, 0.4) is 0 Å². The summed E-state index contributed by atoms with van der Waals surface area (Å²) in [6, 6.07) is 10.1. The van der Waals surface area contributed by atoms with Gasteiger partial charge in [-0.25, -0.2) is 12.2 Å². The molecule has 182 valence electrons. The fourth-order valence-electron chi connectivity index (χ4n) is 1.27. The first-order valence-corrected chi connectivity index (χ1v) is 7.62. The number of benzene rings is 1. The second kappa shape index (κ2) is 39.2. The van der Waals surface area contributed by atoms with Gasteiger partial charge in [0.05, 0.1) is 0 Å². The first kappa shape index (κ1) is 57.1. The van der Waals surface area contributed by atoms with Crippen LogP contribution >= 0.6 is 24.8 Å². The van der Waals surface area contributed by atoms with Gasteiger partial charge in [-0.1, -0.05) is 12.1 Å². The molecule has 1 aromatic heterocycles. The average molecular weight is 535 g/mol. The minimum Gasteiger partial charge on any atom is -0.477 e. The molecule has 30 heavy (non-hydrogen) atoms. The molecular weight excluding hydrogens is 488 g/mol. The van der Waals surface area contributed by atoms with Crippen molar-refractivity contribution in [3.8, 4) is 0 Å². The Morgan fingerprint density at radius 1 is 0.800 bits per heavy atom. The first-order valence-electron chi connectivity index (χ1n) is 7.62. The summed E-state index contributed by atoms with van der Waals surface area (Å²) in [7, 11) is 0. The SMILES string of the molecule is C[C-](C)C.C[C-](C)C.Cl.Cl.[C-]1=CC=CC1.[CH3-].[CH3-].[CH3-].[CH3-].[CH3-].[Zr].[c-]1cc2ccccc2[nH]1. The van der Waals surface area contributed by atoms with E-state index in [4.69, 9.17) is 0 Å². The minimum atomic E-state index is 0. The van der Waals surface area contributed by atoms with Crippen LogP contribution in [0.5, 0.6) is 0 Å². The van der Waals surface area contributed by atoms with Crippen molar-refractivity contribution in [3.63, 3.8) is 0 Å². The Labute approximate surface area is 223 Å². The maximum absolute atomic E-state index is 2.99. The van der Waals surface area contributed by atoms with E-state index in [-0.39, 0.29) is 88.2 Å². The summed E-state index contributed by atoms with van der Waals surface area (Å²) in [5.74, 6) is 2.83. The van der Waals surface area contributed by atoms with Gasteiger partial charge < -0.3 is 54.0 Å². The molecule has 0 amide bonds. The van der Waals surface area contributed by atoms with Gasteiger partial charge in [0.25, 0.3) is 0 Å². The van der Waals surface area contributed by atoms with Crippen LogP contribution < -0.4 is 0 Å². The van der Waals surface area contributed by atoms with Crippen LogP contribution in [0.1, 0.15) is 48.0 Å². The number of H-pyrrole nitrogens is 1. The van der Waals surface area contributed by atoms with Crippen LogP contribution in [-0.2, 0) is 26.2 Å². The Morgan fingerprint density at radius 2 is 1.23 bits per heavy atom. The summed E-state index contributed by atoms with van der Waals surface area (Å²) in [4.78, 5) is 2.99. The molecular formula is C26H46Cl2NZr-9. The van der Waals surface area contributed by atoms with E-state index in [1.54, 1.807) is 0 Å². The van der Waals surface area contributed by atoms with Crippen LogP contribution in [0.25, 0.3) is 10.9 Å². The molecule has 3 rings (SSSR count). The molecule has 0 spiro atoms. The normalized spacial score (nSPS) is 8.40. The van der Waals surface area contributed by atoms with Gasteiger partial charge in [-0.2, -0.15) is 59.1 Å². The number of fused-ring (bicyclic) bond motifs is 1. The summed E-state index contributed by atoms with van der Waals surface area (Å²) in [6.07, 6.45) is 12.9. The number of aromatic amines is 1. The predicted octanol–water partition coefficient (Wildman–Crippen LogP) is 9.61. The van der Waals surface area contributed by atoms with Gasteiger partial charge >= 0.3 is 0 Å². The van der Waals surface area contributed by atoms with E-state index in [0.29, 0.717) is 0 Å². The maximum Gasteiger partial charge on any atom is 0 e. The van der Waals surface area contributed by atoms with Crippen LogP contribution in [0, 0.1) is 61.2 Å². The number of rotatable bonds is 0. The molecule has 0 radical (unpaired) electrons. The molecule has 0 fully saturated rings. The van der Waals surface area contributed by atoms with Crippen molar-refractivity contribution in [1.29, 1.82) is 0 Å². The van der Waals surface area contributed by atoms with Gasteiger partial charge in [-0.15, -0.1) is 55.1 Å². The molecule has 4 heteroatoms. The summed E-state index contributed by atoms with van der Waals surface area (Å²) in [5.41, 5.74) is 1.15. The van der Waals surface area contributed by atoms with Crippen molar-refractivity contribution in [2.24, 2.45) is 0 Å². The van der Waals surface area contributed by atoms with E-state index >= 15 is 0 Å². The number of hydrogen-bond acceptors (Lipinski definition) is 0. The molecule has 0 saturated heterocycles. The topological polar surface area (TPSA) is 15.8 Å². The molecule has 1 heterocycles. The molecule has 1 aliphatic carbocycles. The number of aromatic nitrogens is 1. The summed E-state index contributed by atoms with van der Waals surface area (Å²) >= 11 is 0. The van der Waals surface area contributed by atoms with Crippen molar-refractivity contribution in [1.82, 2.24) is 4.98 Å². The fourth-order valence-corrected chi connectivity index (χ4v) is 1.27. The second-order valence-corrected chi connectivity index (χ2v) is 6.00.